The Labute approximate surface area is 176 Å². The average Bonchev–Trinajstić information content (AvgIpc) is 3.07. The van der Waals surface area contributed by atoms with Crippen molar-refractivity contribution < 1.29 is 9.78 Å². The number of anilines is 2. The van der Waals surface area contributed by atoms with Crippen molar-refractivity contribution in [3.8, 4) is 0 Å². The molecule has 0 aliphatic carbocycles. The number of benzene rings is 2. The van der Waals surface area contributed by atoms with Crippen molar-refractivity contribution in [2.24, 2.45) is 5.10 Å². The molecule has 1 fully saturated rings. The Morgan fingerprint density at radius 1 is 0.833 bits per heavy atom. The zero-order chi connectivity index (χ0) is 20.3. The monoisotopic (exact) mass is 398 g/mol. The van der Waals surface area contributed by atoms with Crippen molar-refractivity contribution in [1.29, 1.82) is 0 Å². The van der Waals surface area contributed by atoms with Gasteiger partial charge in [0.25, 0.3) is 11.7 Å². The van der Waals surface area contributed by atoms with E-state index in [0.29, 0.717) is 12.3 Å². The van der Waals surface area contributed by atoms with E-state index in [9.17, 15) is 4.79 Å². The van der Waals surface area contributed by atoms with Gasteiger partial charge in [0.15, 0.2) is 5.71 Å². The maximum absolute atomic E-state index is 13.3. The first-order chi connectivity index (χ1) is 14.8. The summed E-state index contributed by atoms with van der Waals surface area (Å²) in [6, 6.07) is 24.1. The lowest BCUT2D eigenvalue weighted by molar-refractivity contribution is -0.364. The van der Waals surface area contributed by atoms with Crippen molar-refractivity contribution in [2.75, 3.05) is 36.0 Å². The normalized spacial score (nSPS) is 17.5. The zero-order valence-corrected chi connectivity index (χ0v) is 16.7. The highest BCUT2D eigenvalue weighted by atomic mass is 16.2. The summed E-state index contributed by atoms with van der Waals surface area (Å²) >= 11 is 0. The maximum Gasteiger partial charge on any atom is 0.279 e. The third kappa shape index (κ3) is 3.52. The molecule has 1 N–H and O–H groups in total. The summed E-state index contributed by atoms with van der Waals surface area (Å²) in [6.07, 6.45) is 1.94. The number of nitrogens with one attached hydrogen (secondary N) is 1. The van der Waals surface area contributed by atoms with Gasteiger partial charge in [-0.2, -0.15) is 5.10 Å². The Bertz CT molecular complexity index is 1060. The number of pyridine rings is 1. The Hall–Kier alpha value is -3.67. The van der Waals surface area contributed by atoms with Crippen LogP contribution < -0.4 is 14.8 Å². The van der Waals surface area contributed by atoms with E-state index in [4.69, 9.17) is 5.10 Å². The number of H-pyrrole nitrogens is 1. The number of piperazine rings is 1. The van der Waals surface area contributed by atoms with E-state index in [1.165, 1.54) is 0 Å². The van der Waals surface area contributed by atoms with Crippen LogP contribution in [-0.2, 0) is 11.3 Å². The number of carbonyl (C=O) groups excluding carboxylic acids is 1. The maximum atomic E-state index is 13.3. The molecule has 1 saturated heterocycles. The number of rotatable bonds is 4. The average molecular weight is 398 g/mol. The Balaban J connectivity index is 1.35. The van der Waals surface area contributed by atoms with Crippen LogP contribution in [0.2, 0.25) is 0 Å². The minimum Gasteiger partial charge on any atom is -0.302 e. The third-order valence-electron chi connectivity index (χ3n) is 5.61. The van der Waals surface area contributed by atoms with Crippen LogP contribution in [0, 0.1) is 0 Å². The summed E-state index contributed by atoms with van der Waals surface area (Å²) in [5.74, 6) is 1.08. The minimum absolute atomic E-state index is 0.0288. The number of hydrogen-bond donors (Lipinski definition) is 0. The second kappa shape index (κ2) is 7.99. The Kier molecular flexibility index (Phi) is 4.89. The zero-order valence-electron chi connectivity index (χ0n) is 16.7. The Morgan fingerprint density at radius 2 is 1.57 bits per heavy atom. The van der Waals surface area contributed by atoms with E-state index in [-0.39, 0.29) is 5.91 Å². The number of hydrazone groups is 1. The molecular weight excluding hydrogens is 374 g/mol. The highest BCUT2D eigenvalue weighted by Gasteiger charge is 2.35. The minimum atomic E-state index is -0.0288. The number of nitrogens with zero attached hydrogens (tertiary/aromatic N) is 4. The van der Waals surface area contributed by atoms with Gasteiger partial charge in [0.2, 0.25) is 0 Å². The Morgan fingerprint density at radius 3 is 2.33 bits per heavy atom. The van der Waals surface area contributed by atoms with Crippen LogP contribution in [-0.4, -0.2) is 42.8 Å². The lowest BCUT2D eigenvalue weighted by Crippen LogP contribution is -2.46. The van der Waals surface area contributed by atoms with Crippen molar-refractivity contribution in [1.82, 2.24) is 5.01 Å². The quantitative estimate of drug-likeness (QED) is 0.679. The second-order valence-electron chi connectivity index (χ2n) is 7.53. The predicted molar refractivity (Wildman–Crippen MR) is 117 cm³/mol. The van der Waals surface area contributed by atoms with Crippen LogP contribution in [0.15, 0.2) is 84.1 Å². The number of fused-ring (bicyclic) bond motifs is 1. The molecule has 5 rings (SSSR count). The molecule has 0 unspecified atom stereocenters. The molecule has 0 spiro atoms. The molecule has 6 heteroatoms. The van der Waals surface area contributed by atoms with Gasteiger partial charge in [-0.15, -0.1) is 0 Å². The number of amides is 1. The van der Waals surface area contributed by atoms with Gasteiger partial charge < -0.3 is 4.90 Å². The topological polar surface area (TPSA) is 53.3 Å². The SMILES string of the molecule is O=C1/C(=N\N2CCN(c3cccc[nH+]3)CC2)c2ccccc2N1Cc1ccccc1. The summed E-state index contributed by atoms with van der Waals surface area (Å²) in [6.45, 7) is 3.83. The molecule has 0 saturated carbocycles. The molecule has 2 aliphatic heterocycles. The van der Waals surface area contributed by atoms with Crippen molar-refractivity contribution in [3.05, 3.63) is 90.1 Å². The van der Waals surface area contributed by atoms with Crippen LogP contribution in [0.1, 0.15) is 11.1 Å². The molecule has 6 nitrogen and oxygen atoms in total. The van der Waals surface area contributed by atoms with Gasteiger partial charge in [-0.25, -0.2) is 4.98 Å². The fourth-order valence-corrected chi connectivity index (χ4v) is 4.04. The van der Waals surface area contributed by atoms with Gasteiger partial charge in [-0.1, -0.05) is 54.6 Å². The van der Waals surface area contributed by atoms with Crippen LogP contribution in [0.5, 0.6) is 0 Å². The molecule has 1 amide bonds. The predicted octanol–water partition coefficient (Wildman–Crippen LogP) is 2.57. The molecular formula is C24H24N5O+. The van der Waals surface area contributed by atoms with Gasteiger partial charge in [0, 0.05) is 11.6 Å². The molecule has 30 heavy (non-hydrogen) atoms. The van der Waals surface area contributed by atoms with Crippen LogP contribution in [0.3, 0.4) is 0 Å². The number of aromatic nitrogens is 1. The molecule has 0 atom stereocenters. The van der Waals surface area contributed by atoms with Crippen molar-refractivity contribution in [2.45, 2.75) is 6.54 Å². The number of para-hydroxylation sites is 1. The lowest BCUT2D eigenvalue weighted by atomic mass is 10.1. The lowest BCUT2D eigenvalue weighted by Gasteiger charge is -2.29. The summed E-state index contributed by atoms with van der Waals surface area (Å²) in [7, 11) is 0. The molecule has 3 aromatic rings. The summed E-state index contributed by atoms with van der Waals surface area (Å²) in [5.41, 5.74) is 3.50. The van der Waals surface area contributed by atoms with Gasteiger partial charge in [-0.3, -0.25) is 14.7 Å². The molecule has 2 aliphatic rings. The first-order valence-corrected chi connectivity index (χ1v) is 10.3. The largest absolute Gasteiger partial charge is 0.302 e. The fourth-order valence-electron chi connectivity index (χ4n) is 4.04. The smallest absolute Gasteiger partial charge is 0.279 e. The fraction of sp³-hybridized carbons (Fsp3) is 0.208. The molecule has 3 heterocycles. The first kappa shape index (κ1) is 18.4. The summed E-state index contributed by atoms with van der Waals surface area (Å²) in [4.78, 5) is 20.7. The van der Waals surface area contributed by atoms with Gasteiger partial charge in [0.05, 0.1) is 31.5 Å². The summed E-state index contributed by atoms with van der Waals surface area (Å²) < 4.78 is 0. The number of aromatic amines is 1. The van der Waals surface area contributed by atoms with Crippen LogP contribution in [0.25, 0.3) is 0 Å². The van der Waals surface area contributed by atoms with E-state index >= 15 is 0 Å². The first-order valence-electron chi connectivity index (χ1n) is 10.3. The second-order valence-corrected chi connectivity index (χ2v) is 7.53. The van der Waals surface area contributed by atoms with E-state index in [1.807, 2.05) is 82.8 Å². The molecule has 0 radical (unpaired) electrons. The highest BCUT2D eigenvalue weighted by molar-refractivity contribution is 6.54. The van der Waals surface area contributed by atoms with E-state index in [0.717, 1.165) is 48.8 Å². The van der Waals surface area contributed by atoms with Crippen molar-refractivity contribution >= 4 is 23.1 Å². The van der Waals surface area contributed by atoms with Crippen molar-refractivity contribution in [3.63, 3.8) is 0 Å². The van der Waals surface area contributed by atoms with Gasteiger partial charge >= 0.3 is 0 Å². The molecule has 150 valence electrons. The molecule has 1 aromatic heterocycles. The molecule has 2 aromatic carbocycles. The van der Waals surface area contributed by atoms with Gasteiger partial charge in [0.1, 0.15) is 13.1 Å². The van der Waals surface area contributed by atoms with Crippen LogP contribution >= 0.6 is 0 Å². The highest BCUT2D eigenvalue weighted by Crippen LogP contribution is 2.31. The van der Waals surface area contributed by atoms with E-state index in [2.05, 4.69) is 16.0 Å². The number of carbonyl (C=O) groups is 1. The number of hydrogen-bond acceptors (Lipinski definition) is 4. The standard InChI is InChI=1S/C24H23N5O/c30-24-23(26-28-16-14-27(15-17-28)22-12-6-7-13-25-22)20-10-4-5-11-21(20)29(24)18-19-8-2-1-3-9-19/h1-13H,14-18H2/p+1/b26-23-. The summed E-state index contributed by atoms with van der Waals surface area (Å²) in [5, 5.41) is 6.82. The van der Waals surface area contributed by atoms with Gasteiger partial charge in [-0.05, 0) is 17.7 Å². The van der Waals surface area contributed by atoms with E-state index in [1.54, 1.807) is 0 Å². The van der Waals surface area contributed by atoms with Crippen LogP contribution in [0.4, 0.5) is 11.5 Å². The third-order valence-corrected chi connectivity index (χ3v) is 5.61. The molecule has 0 bridgehead atoms. The van der Waals surface area contributed by atoms with E-state index < -0.39 is 0 Å².